The largest absolute Gasteiger partial charge is 0.389 e. The topological polar surface area (TPSA) is 20.2 Å². The minimum absolute atomic E-state index is 0.132. The first-order chi connectivity index (χ1) is 8.54. The standard InChI is InChI=1S/C13H15F5O/c1-8-4-5-9(14)10(11(8)15)12(2,19)6-3-7-13(16,17)18/h4-5,19H,3,6-7H2,1-2H3. The summed E-state index contributed by atoms with van der Waals surface area (Å²) in [5.74, 6) is -1.88. The molecule has 0 aliphatic carbocycles. The third-order valence-corrected chi connectivity index (χ3v) is 2.95. The maximum atomic E-state index is 13.8. The van der Waals surface area contributed by atoms with Crippen LogP contribution in [0.2, 0.25) is 0 Å². The lowest BCUT2D eigenvalue weighted by Crippen LogP contribution is -2.25. The van der Waals surface area contributed by atoms with Gasteiger partial charge in [0.25, 0.3) is 0 Å². The lowest BCUT2D eigenvalue weighted by molar-refractivity contribution is -0.137. The fourth-order valence-electron chi connectivity index (χ4n) is 1.91. The maximum absolute atomic E-state index is 13.8. The highest BCUT2D eigenvalue weighted by Gasteiger charge is 2.33. The Morgan fingerprint density at radius 1 is 1.11 bits per heavy atom. The van der Waals surface area contributed by atoms with Crippen molar-refractivity contribution in [3.05, 3.63) is 34.9 Å². The summed E-state index contributed by atoms with van der Waals surface area (Å²) in [5, 5.41) is 10.0. The van der Waals surface area contributed by atoms with Gasteiger partial charge in [-0.2, -0.15) is 13.2 Å². The summed E-state index contributed by atoms with van der Waals surface area (Å²) in [5.41, 5.74) is -2.41. The van der Waals surface area contributed by atoms with Crippen LogP contribution in [-0.2, 0) is 5.60 Å². The van der Waals surface area contributed by atoms with Crippen LogP contribution in [0.3, 0.4) is 0 Å². The molecule has 1 N–H and O–H groups in total. The Hall–Kier alpha value is -1.17. The van der Waals surface area contributed by atoms with Gasteiger partial charge in [-0.25, -0.2) is 8.78 Å². The third-order valence-electron chi connectivity index (χ3n) is 2.95. The lowest BCUT2D eigenvalue weighted by atomic mass is 9.88. The third kappa shape index (κ3) is 4.16. The van der Waals surface area contributed by atoms with E-state index in [2.05, 4.69) is 0 Å². The molecular formula is C13H15F5O. The van der Waals surface area contributed by atoms with Crippen molar-refractivity contribution in [3.63, 3.8) is 0 Å². The van der Waals surface area contributed by atoms with Crippen molar-refractivity contribution in [1.82, 2.24) is 0 Å². The first-order valence-corrected chi connectivity index (χ1v) is 5.79. The van der Waals surface area contributed by atoms with E-state index in [1.165, 1.54) is 13.0 Å². The van der Waals surface area contributed by atoms with Crippen molar-refractivity contribution in [2.24, 2.45) is 0 Å². The molecule has 0 saturated heterocycles. The number of hydrogen-bond donors (Lipinski definition) is 1. The van der Waals surface area contributed by atoms with Gasteiger partial charge in [0.15, 0.2) is 0 Å². The number of aryl methyl sites for hydroxylation is 1. The predicted octanol–water partition coefficient (Wildman–Crippen LogP) is 4.21. The van der Waals surface area contributed by atoms with Gasteiger partial charge in [0.05, 0.1) is 11.2 Å². The van der Waals surface area contributed by atoms with Crippen LogP contribution in [0.5, 0.6) is 0 Å². The van der Waals surface area contributed by atoms with Gasteiger partial charge in [0, 0.05) is 6.42 Å². The molecule has 0 aliphatic heterocycles. The van der Waals surface area contributed by atoms with Crippen molar-refractivity contribution in [2.75, 3.05) is 0 Å². The van der Waals surface area contributed by atoms with E-state index < -0.39 is 41.8 Å². The molecule has 1 atom stereocenters. The molecule has 0 fully saturated rings. The number of halogens is 5. The van der Waals surface area contributed by atoms with Crippen LogP contribution in [0.25, 0.3) is 0 Å². The predicted molar refractivity (Wildman–Crippen MR) is 60.6 cm³/mol. The second-order valence-corrected chi connectivity index (χ2v) is 4.80. The zero-order valence-electron chi connectivity index (χ0n) is 10.6. The van der Waals surface area contributed by atoms with E-state index in [4.69, 9.17) is 0 Å². The zero-order valence-corrected chi connectivity index (χ0v) is 10.6. The normalized spacial score (nSPS) is 15.4. The minimum atomic E-state index is -4.35. The van der Waals surface area contributed by atoms with Gasteiger partial charge in [-0.1, -0.05) is 6.07 Å². The summed E-state index contributed by atoms with van der Waals surface area (Å²) in [6, 6.07) is 2.20. The van der Waals surface area contributed by atoms with Crippen LogP contribution in [0.15, 0.2) is 12.1 Å². The maximum Gasteiger partial charge on any atom is 0.389 e. The van der Waals surface area contributed by atoms with Crippen molar-refractivity contribution < 1.29 is 27.1 Å². The molecule has 0 saturated carbocycles. The molecule has 0 spiro atoms. The summed E-state index contributed by atoms with van der Waals surface area (Å²) >= 11 is 0. The summed E-state index contributed by atoms with van der Waals surface area (Å²) in [7, 11) is 0. The first kappa shape index (κ1) is 15.9. The van der Waals surface area contributed by atoms with Crippen LogP contribution in [0, 0.1) is 18.6 Å². The molecule has 1 unspecified atom stereocenters. The Morgan fingerprint density at radius 2 is 1.68 bits per heavy atom. The van der Waals surface area contributed by atoms with Gasteiger partial charge in [0.1, 0.15) is 11.6 Å². The molecule has 0 radical (unpaired) electrons. The van der Waals surface area contributed by atoms with Crippen molar-refractivity contribution in [3.8, 4) is 0 Å². The molecule has 0 amide bonds. The van der Waals surface area contributed by atoms with Gasteiger partial charge < -0.3 is 5.11 Å². The second-order valence-electron chi connectivity index (χ2n) is 4.80. The van der Waals surface area contributed by atoms with E-state index in [9.17, 15) is 27.1 Å². The van der Waals surface area contributed by atoms with Gasteiger partial charge in [-0.15, -0.1) is 0 Å². The smallest absolute Gasteiger partial charge is 0.385 e. The number of alkyl halides is 3. The Balaban J connectivity index is 2.91. The highest BCUT2D eigenvalue weighted by atomic mass is 19.4. The summed E-state index contributed by atoms with van der Waals surface area (Å²) in [4.78, 5) is 0. The van der Waals surface area contributed by atoms with Gasteiger partial charge in [0.2, 0.25) is 0 Å². The Bertz CT molecular complexity index is 451. The number of rotatable bonds is 4. The SMILES string of the molecule is Cc1ccc(F)c(C(C)(O)CCCC(F)(F)F)c1F. The molecule has 6 heteroatoms. The average molecular weight is 282 g/mol. The number of hydrogen-bond acceptors (Lipinski definition) is 1. The summed E-state index contributed by atoms with van der Waals surface area (Å²) < 4.78 is 63.4. The van der Waals surface area contributed by atoms with Crippen molar-refractivity contribution in [2.45, 2.75) is 44.9 Å². The highest BCUT2D eigenvalue weighted by Crippen LogP contribution is 2.34. The van der Waals surface area contributed by atoms with Crippen LogP contribution in [0.4, 0.5) is 22.0 Å². The van der Waals surface area contributed by atoms with E-state index in [-0.39, 0.29) is 12.0 Å². The lowest BCUT2D eigenvalue weighted by Gasteiger charge is -2.25. The minimum Gasteiger partial charge on any atom is -0.385 e. The highest BCUT2D eigenvalue weighted by molar-refractivity contribution is 5.30. The Labute approximate surface area is 108 Å². The van der Waals surface area contributed by atoms with Crippen LogP contribution >= 0.6 is 0 Å². The van der Waals surface area contributed by atoms with E-state index >= 15 is 0 Å². The van der Waals surface area contributed by atoms with Crippen LogP contribution < -0.4 is 0 Å². The van der Waals surface area contributed by atoms with Gasteiger partial charge in [-0.05, 0) is 38.3 Å². The molecule has 0 aromatic heterocycles. The fraction of sp³-hybridized carbons (Fsp3) is 0.538. The Kier molecular flexibility index (Phi) is 4.55. The number of benzene rings is 1. The second kappa shape index (κ2) is 5.45. The molecule has 0 aliphatic rings. The van der Waals surface area contributed by atoms with Gasteiger partial charge in [-0.3, -0.25) is 0 Å². The van der Waals surface area contributed by atoms with Crippen LogP contribution in [0.1, 0.15) is 37.3 Å². The van der Waals surface area contributed by atoms with Crippen molar-refractivity contribution >= 4 is 0 Å². The molecule has 1 aromatic rings. The molecular weight excluding hydrogens is 267 g/mol. The zero-order chi connectivity index (χ0) is 14.8. The van der Waals surface area contributed by atoms with E-state index in [0.29, 0.717) is 0 Å². The molecule has 1 rings (SSSR count). The summed E-state index contributed by atoms with van der Waals surface area (Å²) in [6.45, 7) is 2.51. The van der Waals surface area contributed by atoms with E-state index in [1.807, 2.05) is 0 Å². The molecule has 1 aromatic carbocycles. The van der Waals surface area contributed by atoms with Gasteiger partial charge >= 0.3 is 6.18 Å². The van der Waals surface area contributed by atoms with Crippen LogP contribution in [-0.4, -0.2) is 11.3 Å². The average Bonchev–Trinajstić information content (AvgIpc) is 2.21. The van der Waals surface area contributed by atoms with E-state index in [0.717, 1.165) is 13.0 Å². The monoisotopic (exact) mass is 282 g/mol. The Morgan fingerprint density at radius 3 is 2.21 bits per heavy atom. The summed E-state index contributed by atoms with van der Waals surface area (Å²) in [6.07, 6.45) is -6.22. The van der Waals surface area contributed by atoms with Crippen molar-refractivity contribution in [1.29, 1.82) is 0 Å². The van der Waals surface area contributed by atoms with E-state index in [1.54, 1.807) is 0 Å². The first-order valence-electron chi connectivity index (χ1n) is 5.79. The molecule has 19 heavy (non-hydrogen) atoms. The fourth-order valence-corrected chi connectivity index (χ4v) is 1.91. The molecule has 108 valence electrons. The number of aliphatic hydroxyl groups is 1. The molecule has 0 bridgehead atoms. The molecule has 0 heterocycles. The molecule has 1 nitrogen and oxygen atoms in total. The quantitative estimate of drug-likeness (QED) is 0.820.